The van der Waals surface area contributed by atoms with Gasteiger partial charge in [-0.3, -0.25) is 0 Å². The molecule has 0 aliphatic carbocycles. The summed E-state index contributed by atoms with van der Waals surface area (Å²) in [6, 6.07) is 13.5. The van der Waals surface area contributed by atoms with Crippen molar-refractivity contribution in [2.75, 3.05) is 0 Å². The predicted molar refractivity (Wildman–Crippen MR) is 74.8 cm³/mol. The molecule has 0 unspecified atom stereocenters. The summed E-state index contributed by atoms with van der Waals surface area (Å²) < 4.78 is 6.67. The molecule has 0 aromatic heterocycles. The summed E-state index contributed by atoms with van der Waals surface area (Å²) >= 11 is 3.37. The van der Waals surface area contributed by atoms with Crippen LogP contribution in [0.25, 0.3) is 0 Å². The lowest BCUT2D eigenvalue weighted by atomic mass is 10.1. The molecule has 0 radical (unpaired) electrons. The zero-order valence-corrected chi connectivity index (χ0v) is 11.8. The molecule has 2 aromatic carbocycles. The molecule has 0 saturated carbocycles. The summed E-state index contributed by atoms with van der Waals surface area (Å²) in [5, 5.41) is 8.92. The molecule has 3 heteroatoms. The van der Waals surface area contributed by atoms with Crippen LogP contribution in [0.2, 0.25) is 0 Å². The molecule has 0 fully saturated rings. The molecule has 0 heterocycles. The third-order valence-electron chi connectivity index (χ3n) is 2.57. The highest BCUT2D eigenvalue weighted by Gasteiger charge is 2.04. The van der Waals surface area contributed by atoms with E-state index in [9.17, 15) is 0 Å². The van der Waals surface area contributed by atoms with Crippen molar-refractivity contribution >= 4 is 15.9 Å². The summed E-state index contributed by atoms with van der Waals surface area (Å²) in [7, 11) is 0. The minimum Gasteiger partial charge on any atom is -0.457 e. The van der Waals surface area contributed by atoms with Crippen molar-refractivity contribution in [1.82, 2.24) is 0 Å². The predicted octanol–water partition coefficient (Wildman–Crippen LogP) is 4.73. The van der Waals surface area contributed by atoms with Gasteiger partial charge in [-0.1, -0.05) is 28.1 Å². The highest BCUT2D eigenvalue weighted by molar-refractivity contribution is 9.10. The van der Waals surface area contributed by atoms with Gasteiger partial charge in [0.05, 0.1) is 11.6 Å². The molecular weight excluding hydrogens is 290 g/mol. The van der Waals surface area contributed by atoms with E-state index in [2.05, 4.69) is 22.0 Å². The van der Waals surface area contributed by atoms with Gasteiger partial charge in [0.25, 0.3) is 0 Å². The second kappa shape index (κ2) is 5.24. The first-order valence-electron chi connectivity index (χ1n) is 5.54. The van der Waals surface area contributed by atoms with E-state index < -0.39 is 0 Å². The van der Waals surface area contributed by atoms with E-state index in [1.807, 2.05) is 38.1 Å². The first kappa shape index (κ1) is 12.7. The Labute approximate surface area is 115 Å². The summed E-state index contributed by atoms with van der Waals surface area (Å²) in [4.78, 5) is 0. The average Bonchev–Trinajstić information content (AvgIpc) is 2.33. The maximum atomic E-state index is 8.92. The molecule has 0 N–H and O–H groups in total. The summed E-state index contributed by atoms with van der Waals surface area (Å²) in [6.07, 6.45) is 0. The molecule has 0 aliphatic heterocycles. The lowest BCUT2D eigenvalue weighted by Gasteiger charge is -2.10. The first-order chi connectivity index (χ1) is 8.58. The second-order valence-electron chi connectivity index (χ2n) is 4.16. The molecule has 18 heavy (non-hydrogen) atoms. The Hall–Kier alpha value is -1.79. The minimum atomic E-state index is 0.574. The van der Waals surface area contributed by atoms with Crippen LogP contribution in [-0.4, -0.2) is 0 Å². The van der Waals surface area contributed by atoms with Crippen molar-refractivity contribution in [3.8, 4) is 17.6 Å². The van der Waals surface area contributed by atoms with Crippen molar-refractivity contribution < 1.29 is 4.74 Å². The number of benzene rings is 2. The van der Waals surface area contributed by atoms with Crippen LogP contribution in [0.15, 0.2) is 40.9 Å². The van der Waals surface area contributed by atoms with Crippen LogP contribution < -0.4 is 4.74 Å². The van der Waals surface area contributed by atoms with Crippen molar-refractivity contribution in [2.45, 2.75) is 13.8 Å². The first-order valence-corrected chi connectivity index (χ1v) is 6.33. The maximum Gasteiger partial charge on any atom is 0.130 e. The van der Waals surface area contributed by atoms with E-state index in [1.165, 1.54) is 0 Å². The van der Waals surface area contributed by atoms with Gasteiger partial charge in [0, 0.05) is 4.47 Å². The Morgan fingerprint density at radius 3 is 2.61 bits per heavy atom. The molecule has 2 aromatic rings. The van der Waals surface area contributed by atoms with Gasteiger partial charge < -0.3 is 4.74 Å². The zero-order valence-electron chi connectivity index (χ0n) is 10.2. The number of ether oxygens (including phenoxy) is 1. The monoisotopic (exact) mass is 301 g/mol. The van der Waals surface area contributed by atoms with Crippen molar-refractivity contribution in [2.24, 2.45) is 0 Å². The Kier molecular flexibility index (Phi) is 3.69. The number of hydrogen-bond donors (Lipinski definition) is 0. The topological polar surface area (TPSA) is 33.0 Å². The molecular formula is C15H12BrNO. The normalized spacial score (nSPS) is 9.89. The van der Waals surface area contributed by atoms with Gasteiger partial charge in [-0.2, -0.15) is 5.26 Å². The number of nitrogens with zero attached hydrogens (tertiary/aromatic N) is 1. The van der Waals surface area contributed by atoms with Crippen molar-refractivity contribution in [3.05, 3.63) is 57.6 Å². The number of hydrogen-bond acceptors (Lipinski definition) is 2. The smallest absolute Gasteiger partial charge is 0.130 e. The lowest BCUT2D eigenvalue weighted by Crippen LogP contribution is -1.89. The van der Waals surface area contributed by atoms with Gasteiger partial charge >= 0.3 is 0 Å². The molecule has 2 nitrogen and oxygen atoms in total. The Morgan fingerprint density at radius 1 is 1.11 bits per heavy atom. The Morgan fingerprint density at radius 2 is 1.89 bits per heavy atom. The Balaban J connectivity index is 2.37. The van der Waals surface area contributed by atoms with Gasteiger partial charge in [-0.05, 0) is 49.2 Å². The van der Waals surface area contributed by atoms with Gasteiger partial charge in [0.15, 0.2) is 0 Å². The van der Waals surface area contributed by atoms with Crippen LogP contribution in [0.5, 0.6) is 11.5 Å². The molecule has 0 aliphatic rings. The fourth-order valence-electron chi connectivity index (χ4n) is 1.63. The van der Waals surface area contributed by atoms with E-state index in [-0.39, 0.29) is 0 Å². The number of nitriles is 1. The molecule has 0 atom stereocenters. The van der Waals surface area contributed by atoms with Gasteiger partial charge in [0.2, 0.25) is 0 Å². The van der Waals surface area contributed by atoms with Crippen LogP contribution >= 0.6 is 15.9 Å². The number of halogens is 1. The fraction of sp³-hybridized carbons (Fsp3) is 0.133. The number of aryl methyl sites for hydroxylation is 2. The molecule has 90 valence electrons. The van der Waals surface area contributed by atoms with Crippen LogP contribution in [0.4, 0.5) is 0 Å². The molecule has 2 rings (SSSR count). The van der Waals surface area contributed by atoms with Crippen molar-refractivity contribution in [1.29, 1.82) is 5.26 Å². The minimum absolute atomic E-state index is 0.574. The third-order valence-corrected chi connectivity index (χ3v) is 3.03. The van der Waals surface area contributed by atoms with Crippen LogP contribution in [0.1, 0.15) is 16.7 Å². The standard InChI is InChI=1S/C15H12BrNO/c1-10-3-4-11(2)15(5-10)18-14-7-12(9-17)6-13(16)8-14/h3-8H,1-2H3. The summed E-state index contributed by atoms with van der Waals surface area (Å²) in [5.41, 5.74) is 2.79. The SMILES string of the molecule is Cc1ccc(C)c(Oc2cc(Br)cc(C#N)c2)c1. The van der Waals surface area contributed by atoms with Crippen LogP contribution in [0.3, 0.4) is 0 Å². The van der Waals surface area contributed by atoms with Gasteiger partial charge in [-0.25, -0.2) is 0 Å². The second-order valence-corrected chi connectivity index (χ2v) is 5.07. The van der Waals surface area contributed by atoms with E-state index in [0.29, 0.717) is 11.3 Å². The fourth-order valence-corrected chi connectivity index (χ4v) is 2.10. The molecule has 0 bridgehead atoms. The average molecular weight is 302 g/mol. The molecule has 0 saturated heterocycles. The highest BCUT2D eigenvalue weighted by Crippen LogP contribution is 2.29. The maximum absolute atomic E-state index is 8.92. The van der Waals surface area contributed by atoms with E-state index in [1.54, 1.807) is 12.1 Å². The molecule has 0 spiro atoms. The van der Waals surface area contributed by atoms with Crippen LogP contribution in [0, 0.1) is 25.2 Å². The van der Waals surface area contributed by atoms with Crippen LogP contribution in [-0.2, 0) is 0 Å². The zero-order chi connectivity index (χ0) is 13.1. The van der Waals surface area contributed by atoms with Gasteiger partial charge in [-0.15, -0.1) is 0 Å². The molecule has 0 amide bonds. The van der Waals surface area contributed by atoms with Gasteiger partial charge in [0.1, 0.15) is 11.5 Å². The third kappa shape index (κ3) is 2.91. The van der Waals surface area contributed by atoms with Crippen molar-refractivity contribution in [3.63, 3.8) is 0 Å². The number of rotatable bonds is 2. The lowest BCUT2D eigenvalue weighted by molar-refractivity contribution is 0.478. The summed E-state index contributed by atoms with van der Waals surface area (Å²) in [6.45, 7) is 4.02. The van der Waals surface area contributed by atoms with E-state index in [4.69, 9.17) is 10.00 Å². The largest absolute Gasteiger partial charge is 0.457 e. The quantitative estimate of drug-likeness (QED) is 0.803. The Bertz CT molecular complexity index is 629. The highest BCUT2D eigenvalue weighted by atomic mass is 79.9. The van der Waals surface area contributed by atoms with E-state index in [0.717, 1.165) is 21.3 Å². The summed E-state index contributed by atoms with van der Waals surface area (Å²) in [5.74, 6) is 1.48. The van der Waals surface area contributed by atoms with E-state index >= 15 is 0 Å².